The summed E-state index contributed by atoms with van der Waals surface area (Å²) in [7, 11) is 0. The fourth-order valence-electron chi connectivity index (χ4n) is 7.69. The maximum Gasteiger partial charge on any atom is 0.278 e. The molecular formula is C43H65F3N4. The molecular weight excluding hydrogens is 629 g/mol. The molecule has 0 radical (unpaired) electrons. The molecule has 1 aromatic rings. The van der Waals surface area contributed by atoms with Gasteiger partial charge in [0.05, 0.1) is 11.6 Å². The average molecular weight is 695 g/mol. The summed E-state index contributed by atoms with van der Waals surface area (Å²) >= 11 is 0. The molecule has 0 saturated carbocycles. The minimum atomic E-state index is -3.26. The van der Waals surface area contributed by atoms with Gasteiger partial charge in [0.1, 0.15) is 5.82 Å². The van der Waals surface area contributed by atoms with Gasteiger partial charge in [-0.25, -0.2) is 13.2 Å². The van der Waals surface area contributed by atoms with Gasteiger partial charge in [-0.3, -0.25) is 4.99 Å². The second-order valence-corrected chi connectivity index (χ2v) is 15.1. The largest absolute Gasteiger partial charge is 0.378 e. The lowest BCUT2D eigenvalue weighted by molar-refractivity contribution is -0.0880. The van der Waals surface area contributed by atoms with Crippen LogP contribution in [0.3, 0.4) is 0 Å². The van der Waals surface area contributed by atoms with Gasteiger partial charge in [0.2, 0.25) is 0 Å². The van der Waals surface area contributed by atoms with Crippen LogP contribution in [0, 0.1) is 17.2 Å². The average Bonchev–Trinajstić information content (AvgIpc) is 3.06. The minimum Gasteiger partial charge on any atom is -0.378 e. The maximum atomic E-state index is 16.1. The summed E-state index contributed by atoms with van der Waals surface area (Å²) in [4.78, 5) is 9.19. The lowest BCUT2D eigenvalue weighted by Crippen LogP contribution is -2.40. The van der Waals surface area contributed by atoms with Crippen LogP contribution in [0.15, 0.2) is 82.8 Å². The topological polar surface area (TPSA) is 30.9 Å². The van der Waals surface area contributed by atoms with Gasteiger partial charge in [0, 0.05) is 53.4 Å². The molecule has 7 heteroatoms. The number of hydrogen-bond donors (Lipinski definition) is 1. The lowest BCUT2D eigenvalue weighted by atomic mass is 9.71. The molecule has 1 N–H and O–H groups in total. The van der Waals surface area contributed by atoms with Crippen molar-refractivity contribution in [1.29, 1.82) is 0 Å². The van der Waals surface area contributed by atoms with Gasteiger partial charge in [-0.1, -0.05) is 89.5 Å². The second kappa shape index (κ2) is 19.0. The number of unbranched alkanes of at least 4 members (excludes halogenated alkanes) is 5. The Balaban J connectivity index is 1.77. The van der Waals surface area contributed by atoms with E-state index < -0.39 is 29.3 Å². The molecule has 278 valence electrons. The van der Waals surface area contributed by atoms with Gasteiger partial charge in [-0.2, -0.15) is 0 Å². The molecule has 0 amide bonds. The van der Waals surface area contributed by atoms with Crippen LogP contribution >= 0.6 is 0 Å². The van der Waals surface area contributed by atoms with Crippen molar-refractivity contribution in [2.24, 2.45) is 16.3 Å². The number of halogens is 3. The number of alkyl halides is 2. The Bertz CT molecular complexity index is 1400. The Morgan fingerprint density at radius 2 is 1.64 bits per heavy atom. The second-order valence-electron chi connectivity index (χ2n) is 15.1. The van der Waals surface area contributed by atoms with E-state index in [4.69, 9.17) is 0 Å². The molecule has 1 atom stereocenters. The number of hydrogen-bond acceptors (Lipinski definition) is 4. The molecule has 4 nitrogen and oxygen atoms in total. The fraction of sp³-hybridized carbons (Fsp3) is 0.605. The van der Waals surface area contributed by atoms with Gasteiger partial charge in [0.15, 0.2) is 0 Å². The molecule has 2 saturated heterocycles. The van der Waals surface area contributed by atoms with Gasteiger partial charge >= 0.3 is 0 Å². The summed E-state index contributed by atoms with van der Waals surface area (Å²) in [5.74, 6) is -4.98. The molecule has 2 aliphatic heterocycles. The molecule has 0 aliphatic carbocycles. The molecule has 2 fully saturated rings. The molecule has 1 aromatic carbocycles. The molecule has 2 heterocycles. The van der Waals surface area contributed by atoms with E-state index in [0.29, 0.717) is 31.6 Å². The Morgan fingerprint density at radius 3 is 2.22 bits per heavy atom. The zero-order valence-electron chi connectivity index (χ0n) is 32.2. The molecule has 0 spiro atoms. The van der Waals surface area contributed by atoms with Crippen molar-refractivity contribution >= 4 is 6.21 Å². The van der Waals surface area contributed by atoms with E-state index in [-0.39, 0.29) is 11.0 Å². The van der Waals surface area contributed by atoms with Crippen molar-refractivity contribution in [3.63, 3.8) is 0 Å². The van der Waals surface area contributed by atoms with Crippen molar-refractivity contribution in [3.05, 3.63) is 94.8 Å². The molecule has 0 aromatic heterocycles. The van der Waals surface area contributed by atoms with Crippen molar-refractivity contribution in [1.82, 2.24) is 15.1 Å². The van der Waals surface area contributed by atoms with Crippen LogP contribution in [0.25, 0.3) is 0 Å². The number of nitrogens with one attached hydrogen (secondary N) is 1. The maximum absolute atomic E-state index is 16.1. The summed E-state index contributed by atoms with van der Waals surface area (Å²) in [6, 6.07) is 3.80. The molecule has 50 heavy (non-hydrogen) atoms. The number of aliphatic imine (C=N–C) groups is 1. The Morgan fingerprint density at radius 1 is 1.02 bits per heavy atom. The molecule has 2 aliphatic rings. The number of rotatable bonds is 18. The summed E-state index contributed by atoms with van der Waals surface area (Å²) in [5, 5.41) is 3.35. The monoisotopic (exact) mass is 695 g/mol. The zero-order chi connectivity index (χ0) is 37.1. The van der Waals surface area contributed by atoms with E-state index in [1.807, 2.05) is 27.7 Å². The highest BCUT2D eigenvalue weighted by molar-refractivity contribution is 5.57. The highest BCUT2D eigenvalue weighted by atomic mass is 19.3. The Hall–Kier alpha value is -3.06. The van der Waals surface area contributed by atoms with Gasteiger partial charge in [-0.15, -0.1) is 0 Å². The number of benzene rings is 1. The first kappa shape index (κ1) is 41.4. The third-order valence-corrected chi connectivity index (χ3v) is 11.0. The van der Waals surface area contributed by atoms with Crippen LogP contribution in [0.1, 0.15) is 130 Å². The lowest BCUT2D eigenvalue weighted by Gasteiger charge is -2.42. The Labute approximate surface area is 302 Å². The molecule has 3 rings (SSSR count). The van der Waals surface area contributed by atoms with E-state index in [0.717, 1.165) is 67.0 Å². The number of nitrogens with zero attached hydrogens (tertiary/aromatic N) is 3. The van der Waals surface area contributed by atoms with Gasteiger partial charge < -0.3 is 15.1 Å². The van der Waals surface area contributed by atoms with Crippen molar-refractivity contribution in [2.75, 3.05) is 32.7 Å². The van der Waals surface area contributed by atoms with E-state index in [1.165, 1.54) is 38.2 Å². The normalized spacial score (nSPS) is 19.0. The summed E-state index contributed by atoms with van der Waals surface area (Å²) in [6.45, 7) is 31.0. The van der Waals surface area contributed by atoms with E-state index in [9.17, 15) is 0 Å². The SMILES string of the molecule is C=C(N[C@H](C)c1cccc(C(F)(F)C2CCN(CCCCCCCC)CC2)c1F)C(/C=C(\C(=C)C)C1(C)CCN(C(=C)C)CC1)=C(/C)N=CC. The number of allylic oxidation sites excluding steroid dienone is 5. The van der Waals surface area contributed by atoms with Crippen molar-refractivity contribution in [3.8, 4) is 0 Å². The highest BCUT2D eigenvalue weighted by Crippen LogP contribution is 2.45. The minimum absolute atomic E-state index is 0.110. The van der Waals surface area contributed by atoms with Crippen LogP contribution in [-0.2, 0) is 5.92 Å². The summed E-state index contributed by atoms with van der Waals surface area (Å²) in [6.07, 6.45) is 13.8. The van der Waals surface area contributed by atoms with Gasteiger partial charge in [0.25, 0.3) is 5.92 Å². The fourth-order valence-corrected chi connectivity index (χ4v) is 7.69. The summed E-state index contributed by atoms with van der Waals surface area (Å²) < 4.78 is 48.2. The first-order valence-electron chi connectivity index (χ1n) is 19.0. The zero-order valence-corrected chi connectivity index (χ0v) is 32.2. The van der Waals surface area contributed by atoms with Gasteiger partial charge in [-0.05, 0) is 103 Å². The molecule has 0 bridgehead atoms. The predicted molar refractivity (Wildman–Crippen MR) is 207 cm³/mol. The van der Waals surface area contributed by atoms with Crippen LogP contribution in [0.4, 0.5) is 13.2 Å². The predicted octanol–water partition coefficient (Wildman–Crippen LogP) is 11.7. The third kappa shape index (κ3) is 10.7. The Kier molecular flexibility index (Phi) is 15.7. The third-order valence-electron chi connectivity index (χ3n) is 11.0. The van der Waals surface area contributed by atoms with E-state index >= 15 is 13.2 Å². The van der Waals surface area contributed by atoms with Crippen molar-refractivity contribution in [2.45, 2.75) is 125 Å². The smallest absolute Gasteiger partial charge is 0.278 e. The van der Waals surface area contributed by atoms with Crippen LogP contribution in [-0.4, -0.2) is 48.7 Å². The first-order valence-corrected chi connectivity index (χ1v) is 19.0. The first-order chi connectivity index (χ1) is 23.7. The quantitative estimate of drug-likeness (QED) is 0.0943. The van der Waals surface area contributed by atoms with E-state index in [2.05, 4.69) is 59.8 Å². The number of piperidine rings is 2. The molecule has 0 unspecified atom stereocenters. The van der Waals surface area contributed by atoms with E-state index in [1.54, 1.807) is 25.3 Å². The van der Waals surface area contributed by atoms with Crippen LogP contribution < -0.4 is 5.32 Å². The number of likely N-dealkylation sites (tertiary alicyclic amines) is 2. The van der Waals surface area contributed by atoms with Crippen molar-refractivity contribution < 1.29 is 13.2 Å². The standard InChI is InChI=1S/C43H65F3N4/c1-11-13-14-15-16-17-25-49-26-21-36(22-27-49)43(45,46)39-20-18-19-37(41(39)44)34(8)48-35(9)38(33(7)47-12-2)30-40(31(3)4)42(10)23-28-50(29-24-42)32(5)6/h12,18-20,30,34,36,48H,3,5,9,11,13-17,21-29H2,1-2,4,6-8,10H3/b38-33-,40-30+,47-12?/t34-/m1/s1. The summed E-state index contributed by atoms with van der Waals surface area (Å²) in [5.41, 5.74) is 4.84. The highest BCUT2D eigenvalue weighted by Gasteiger charge is 2.45. The van der Waals surface area contributed by atoms with Crippen LogP contribution in [0.5, 0.6) is 0 Å². The van der Waals surface area contributed by atoms with Crippen LogP contribution in [0.2, 0.25) is 0 Å².